The third kappa shape index (κ3) is 2.16. The van der Waals surface area contributed by atoms with E-state index < -0.39 is 0 Å². The third-order valence-corrected chi connectivity index (χ3v) is 1.76. The molecule has 2 heterocycles. The number of furan rings is 1. The maximum Gasteiger partial charge on any atom is 0.292 e. The fourth-order valence-corrected chi connectivity index (χ4v) is 1.06. The van der Waals surface area contributed by atoms with Gasteiger partial charge in [-0.3, -0.25) is 4.79 Å². The van der Waals surface area contributed by atoms with Gasteiger partial charge in [0.2, 0.25) is 0 Å². The first-order valence-electron chi connectivity index (χ1n) is 4.27. The molecule has 2 rings (SSSR count). The average molecular weight is 207 g/mol. The molecule has 15 heavy (non-hydrogen) atoms. The maximum absolute atomic E-state index is 11.4. The summed E-state index contributed by atoms with van der Waals surface area (Å²) < 4.78 is 9.75. The van der Waals surface area contributed by atoms with Gasteiger partial charge in [0.25, 0.3) is 11.9 Å². The van der Waals surface area contributed by atoms with Crippen LogP contribution in [-0.4, -0.2) is 10.9 Å². The predicted molar refractivity (Wildman–Crippen MR) is 50.8 cm³/mol. The van der Waals surface area contributed by atoms with Gasteiger partial charge < -0.3 is 19.9 Å². The van der Waals surface area contributed by atoms with Crippen molar-refractivity contribution in [1.82, 2.24) is 10.3 Å². The van der Waals surface area contributed by atoms with Gasteiger partial charge in [0.05, 0.1) is 12.8 Å². The van der Waals surface area contributed by atoms with Crippen molar-refractivity contribution in [2.45, 2.75) is 6.54 Å². The van der Waals surface area contributed by atoms with E-state index in [9.17, 15) is 4.79 Å². The highest BCUT2D eigenvalue weighted by Crippen LogP contribution is 2.03. The number of anilines is 1. The molecule has 6 nitrogen and oxygen atoms in total. The van der Waals surface area contributed by atoms with E-state index in [0.717, 1.165) is 0 Å². The Balaban J connectivity index is 1.93. The summed E-state index contributed by atoms with van der Waals surface area (Å²) in [4.78, 5) is 15.1. The van der Waals surface area contributed by atoms with E-state index in [1.807, 2.05) is 0 Å². The van der Waals surface area contributed by atoms with Crippen LogP contribution in [0.5, 0.6) is 0 Å². The molecule has 0 spiro atoms. The van der Waals surface area contributed by atoms with E-state index in [0.29, 0.717) is 12.3 Å². The minimum absolute atomic E-state index is 0.0295. The normalized spacial score (nSPS) is 10.1. The Morgan fingerprint density at radius 2 is 2.40 bits per heavy atom. The molecule has 0 aliphatic carbocycles. The Hall–Kier alpha value is -2.24. The van der Waals surface area contributed by atoms with Gasteiger partial charge in [0.1, 0.15) is 12.0 Å². The number of carbonyl (C=O) groups excluding carboxylic acids is 1. The van der Waals surface area contributed by atoms with Gasteiger partial charge in [-0.2, -0.15) is 4.98 Å². The summed E-state index contributed by atoms with van der Waals surface area (Å²) in [7, 11) is 0. The molecule has 0 unspecified atom stereocenters. The number of nitrogens with zero attached hydrogens (tertiary/aromatic N) is 1. The van der Waals surface area contributed by atoms with Gasteiger partial charge in [-0.25, -0.2) is 0 Å². The van der Waals surface area contributed by atoms with Gasteiger partial charge in [0.15, 0.2) is 5.69 Å². The van der Waals surface area contributed by atoms with E-state index in [4.69, 9.17) is 14.6 Å². The zero-order valence-electron chi connectivity index (χ0n) is 7.77. The number of nitrogen functional groups attached to an aromatic ring is 1. The van der Waals surface area contributed by atoms with E-state index >= 15 is 0 Å². The van der Waals surface area contributed by atoms with Crippen molar-refractivity contribution in [3.05, 3.63) is 36.1 Å². The van der Waals surface area contributed by atoms with Crippen LogP contribution in [0.4, 0.5) is 6.01 Å². The summed E-state index contributed by atoms with van der Waals surface area (Å²) >= 11 is 0. The van der Waals surface area contributed by atoms with Crippen molar-refractivity contribution in [3.63, 3.8) is 0 Å². The van der Waals surface area contributed by atoms with Crippen molar-refractivity contribution >= 4 is 11.9 Å². The molecule has 0 radical (unpaired) electrons. The highest BCUT2D eigenvalue weighted by Gasteiger charge is 2.10. The Bertz CT molecular complexity index is 447. The van der Waals surface area contributed by atoms with Crippen LogP contribution in [0.3, 0.4) is 0 Å². The second-order valence-electron chi connectivity index (χ2n) is 2.83. The second kappa shape index (κ2) is 3.87. The maximum atomic E-state index is 11.4. The number of rotatable bonds is 3. The number of nitrogens with two attached hydrogens (primary N) is 1. The minimum atomic E-state index is -0.355. The molecule has 2 aromatic rings. The highest BCUT2D eigenvalue weighted by molar-refractivity contribution is 5.92. The van der Waals surface area contributed by atoms with E-state index in [1.54, 1.807) is 12.1 Å². The fourth-order valence-electron chi connectivity index (χ4n) is 1.06. The lowest BCUT2D eigenvalue weighted by Crippen LogP contribution is -2.22. The molecule has 3 N–H and O–H groups in total. The summed E-state index contributed by atoms with van der Waals surface area (Å²) in [6.07, 6.45) is 2.74. The van der Waals surface area contributed by atoms with Crippen molar-refractivity contribution in [2.75, 3.05) is 5.73 Å². The Morgan fingerprint density at radius 1 is 1.53 bits per heavy atom. The number of nitrogens with one attached hydrogen (secondary N) is 1. The largest absolute Gasteiger partial charge is 0.467 e. The van der Waals surface area contributed by atoms with Gasteiger partial charge >= 0.3 is 0 Å². The van der Waals surface area contributed by atoms with Gasteiger partial charge in [0, 0.05) is 0 Å². The van der Waals surface area contributed by atoms with Crippen molar-refractivity contribution in [2.24, 2.45) is 0 Å². The van der Waals surface area contributed by atoms with Crippen LogP contribution in [0.2, 0.25) is 0 Å². The number of aromatic nitrogens is 1. The molecule has 0 atom stereocenters. The van der Waals surface area contributed by atoms with Crippen LogP contribution in [0, 0.1) is 0 Å². The molecule has 2 aromatic heterocycles. The van der Waals surface area contributed by atoms with Crippen molar-refractivity contribution < 1.29 is 13.6 Å². The Kier molecular flexibility index (Phi) is 2.40. The number of hydrogen-bond donors (Lipinski definition) is 2. The van der Waals surface area contributed by atoms with Crippen LogP contribution < -0.4 is 11.1 Å². The molecular weight excluding hydrogens is 198 g/mol. The molecule has 0 aliphatic rings. The zero-order valence-corrected chi connectivity index (χ0v) is 7.77. The lowest BCUT2D eigenvalue weighted by atomic mass is 10.4. The zero-order chi connectivity index (χ0) is 10.7. The molecule has 1 amide bonds. The van der Waals surface area contributed by atoms with Gasteiger partial charge in [-0.15, -0.1) is 0 Å². The van der Waals surface area contributed by atoms with Crippen LogP contribution in [0.15, 0.2) is 33.5 Å². The predicted octanol–water partition coefficient (Wildman–Crippen LogP) is 0.780. The molecule has 78 valence electrons. The SMILES string of the molecule is Nc1nc(C(=O)NCc2ccco2)co1. The first-order valence-corrected chi connectivity index (χ1v) is 4.27. The quantitative estimate of drug-likeness (QED) is 0.775. The topological polar surface area (TPSA) is 94.3 Å². The fraction of sp³-hybridized carbons (Fsp3) is 0.111. The van der Waals surface area contributed by atoms with Crippen LogP contribution >= 0.6 is 0 Å². The summed E-state index contributed by atoms with van der Waals surface area (Å²) in [6.45, 7) is 0.304. The molecule has 0 saturated carbocycles. The number of carbonyl (C=O) groups is 1. The average Bonchev–Trinajstić information content (AvgIpc) is 2.84. The monoisotopic (exact) mass is 207 g/mol. The number of amides is 1. The van der Waals surface area contributed by atoms with Crippen LogP contribution in [-0.2, 0) is 6.54 Å². The van der Waals surface area contributed by atoms with Gasteiger partial charge in [-0.1, -0.05) is 0 Å². The smallest absolute Gasteiger partial charge is 0.292 e. The highest BCUT2D eigenvalue weighted by atomic mass is 16.4. The van der Waals surface area contributed by atoms with Crippen LogP contribution in [0.1, 0.15) is 16.2 Å². The summed E-state index contributed by atoms with van der Waals surface area (Å²) in [6, 6.07) is 3.48. The first kappa shape index (κ1) is 9.32. The van der Waals surface area contributed by atoms with Crippen molar-refractivity contribution in [1.29, 1.82) is 0 Å². The minimum Gasteiger partial charge on any atom is -0.467 e. The standard InChI is InChI=1S/C9H9N3O3/c10-9-12-7(5-15-9)8(13)11-4-6-2-1-3-14-6/h1-3,5H,4H2,(H2,10,12)(H,11,13). The lowest BCUT2D eigenvalue weighted by molar-refractivity contribution is 0.0943. The Labute approximate surface area is 85.1 Å². The second-order valence-corrected chi connectivity index (χ2v) is 2.83. The Morgan fingerprint density at radius 3 is 3.00 bits per heavy atom. The van der Waals surface area contributed by atoms with E-state index in [2.05, 4.69) is 10.3 Å². The van der Waals surface area contributed by atoms with Crippen molar-refractivity contribution in [3.8, 4) is 0 Å². The molecule has 0 bridgehead atoms. The van der Waals surface area contributed by atoms with Gasteiger partial charge in [-0.05, 0) is 12.1 Å². The summed E-state index contributed by atoms with van der Waals surface area (Å²) in [5.41, 5.74) is 5.38. The molecular formula is C9H9N3O3. The molecule has 0 aliphatic heterocycles. The van der Waals surface area contributed by atoms with E-state index in [1.165, 1.54) is 12.5 Å². The number of hydrogen-bond acceptors (Lipinski definition) is 5. The molecule has 6 heteroatoms. The third-order valence-electron chi connectivity index (χ3n) is 1.76. The van der Waals surface area contributed by atoms with Crippen LogP contribution in [0.25, 0.3) is 0 Å². The summed E-state index contributed by atoms with van der Waals surface area (Å²) in [5.74, 6) is 0.312. The summed E-state index contributed by atoms with van der Waals surface area (Å²) in [5, 5.41) is 2.60. The number of oxazole rings is 1. The molecule has 0 aromatic carbocycles. The lowest BCUT2D eigenvalue weighted by Gasteiger charge is -1.98. The van der Waals surface area contributed by atoms with E-state index in [-0.39, 0.29) is 17.6 Å². The first-order chi connectivity index (χ1) is 7.25. The molecule has 0 fully saturated rings. The molecule has 0 saturated heterocycles.